The Morgan fingerprint density at radius 3 is 2.29 bits per heavy atom. The van der Waals surface area contributed by atoms with Gasteiger partial charge in [0.05, 0.1) is 26.2 Å². The molecule has 35 heavy (non-hydrogen) atoms. The van der Waals surface area contributed by atoms with E-state index in [0.717, 1.165) is 37.1 Å². The molecule has 2 aromatic carbocycles. The van der Waals surface area contributed by atoms with E-state index in [9.17, 15) is 14.7 Å². The number of nitrogens with zero attached hydrogens (tertiary/aromatic N) is 1. The number of esters is 1. The smallest absolute Gasteiger partial charge is 0.316 e. The topological polar surface area (TPSA) is 76.1 Å². The number of carbonyl (C=O) groups excluding carboxylic acids is 2. The number of methoxy groups -OCH3 is 2. The summed E-state index contributed by atoms with van der Waals surface area (Å²) in [6, 6.07) is 13.5. The monoisotopic (exact) mass is 483 g/mol. The predicted molar refractivity (Wildman–Crippen MR) is 139 cm³/mol. The molecular weight excluding hydrogens is 442 g/mol. The van der Waals surface area contributed by atoms with Crippen molar-refractivity contribution in [2.24, 2.45) is 5.92 Å². The molecule has 6 heteroatoms. The average molecular weight is 484 g/mol. The lowest BCUT2D eigenvalue weighted by Gasteiger charge is -2.36. The number of hydrogen-bond acceptors (Lipinski definition) is 6. The van der Waals surface area contributed by atoms with Gasteiger partial charge in [0.2, 0.25) is 0 Å². The van der Waals surface area contributed by atoms with Crippen LogP contribution in [0.4, 0.5) is 0 Å². The van der Waals surface area contributed by atoms with Gasteiger partial charge in [0.1, 0.15) is 5.75 Å². The van der Waals surface area contributed by atoms with Crippen LogP contribution >= 0.6 is 0 Å². The Morgan fingerprint density at radius 1 is 1.06 bits per heavy atom. The average Bonchev–Trinajstić information content (AvgIpc) is 2.88. The normalized spacial score (nSPS) is 13.1. The fourth-order valence-electron chi connectivity index (χ4n) is 4.70. The molecule has 0 saturated carbocycles. The van der Waals surface area contributed by atoms with Gasteiger partial charge in [-0.1, -0.05) is 51.1 Å². The van der Waals surface area contributed by atoms with Gasteiger partial charge in [-0.2, -0.15) is 0 Å². The molecule has 0 aliphatic rings. The molecule has 0 radical (unpaired) electrons. The first-order valence-corrected chi connectivity index (χ1v) is 12.4. The maximum atomic E-state index is 13.2. The van der Waals surface area contributed by atoms with E-state index in [4.69, 9.17) is 9.47 Å². The van der Waals surface area contributed by atoms with Crippen LogP contribution in [0.25, 0.3) is 0 Å². The maximum absolute atomic E-state index is 13.2. The zero-order chi connectivity index (χ0) is 26.0. The van der Waals surface area contributed by atoms with Gasteiger partial charge < -0.3 is 19.5 Å². The van der Waals surface area contributed by atoms with E-state index in [2.05, 4.69) is 11.9 Å². The number of aliphatic hydroxyl groups is 1. The SMILES string of the molecule is CCC(=O)c1ccc(CCN(C)CCCC(C(=O)OC)(c2ccc(OC)c(CO)c2)C(C)C)cc1. The van der Waals surface area contributed by atoms with Crippen molar-refractivity contribution >= 4 is 11.8 Å². The quantitative estimate of drug-likeness (QED) is 0.307. The maximum Gasteiger partial charge on any atom is 0.316 e. The molecule has 6 nitrogen and oxygen atoms in total. The highest BCUT2D eigenvalue weighted by atomic mass is 16.5. The van der Waals surface area contributed by atoms with Crippen LogP contribution in [0.2, 0.25) is 0 Å². The number of benzene rings is 2. The predicted octanol–water partition coefficient (Wildman–Crippen LogP) is 4.80. The van der Waals surface area contributed by atoms with Gasteiger partial charge in [0, 0.05) is 24.1 Å². The molecular formula is C29H41NO5. The van der Waals surface area contributed by atoms with Crippen LogP contribution in [-0.2, 0) is 28.0 Å². The van der Waals surface area contributed by atoms with E-state index < -0.39 is 5.41 Å². The van der Waals surface area contributed by atoms with Crippen LogP contribution in [-0.4, -0.2) is 56.1 Å². The Labute approximate surface area is 210 Å². The zero-order valence-electron chi connectivity index (χ0n) is 22.1. The fourth-order valence-corrected chi connectivity index (χ4v) is 4.70. The van der Waals surface area contributed by atoms with Crippen LogP contribution in [0.1, 0.15) is 67.1 Å². The van der Waals surface area contributed by atoms with Crippen molar-refractivity contribution in [1.29, 1.82) is 0 Å². The summed E-state index contributed by atoms with van der Waals surface area (Å²) in [6.07, 6.45) is 2.85. The summed E-state index contributed by atoms with van der Waals surface area (Å²) in [5.41, 5.74) is 2.65. The van der Waals surface area contributed by atoms with Gasteiger partial charge in [0.15, 0.2) is 5.78 Å². The highest BCUT2D eigenvalue weighted by molar-refractivity contribution is 5.95. The van der Waals surface area contributed by atoms with E-state index in [1.165, 1.54) is 12.7 Å². The number of carbonyl (C=O) groups is 2. The van der Waals surface area contributed by atoms with Gasteiger partial charge in [-0.3, -0.25) is 9.59 Å². The summed E-state index contributed by atoms with van der Waals surface area (Å²) >= 11 is 0. The summed E-state index contributed by atoms with van der Waals surface area (Å²) in [6.45, 7) is 7.50. The van der Waals surface area contributed by atoms with E-state index in [1.54, 1.807) is 7.11 Å². The minimum absolute atomic E-state index is 0.00420. The molecule has 2 aromatic rings. The second-order valence-electron chi connectivity index (χ2n) is 9.43. The Morgan fingerprint density at radius 2 is 1.74 bits per heavy atom. The third-order valence-electron chi connectivity index (χ3n) is 6.99. The van der Waals surface area contributed by atoms with Gasteiger partial charge in [-0.15, -0.1) is 0 Å². The van der Waals surface area contributed by atoms with Crippen LogP contribution in [0.15, 0.2) is 42.5 Å². The Balaban J connectivity index is 2.09. The standard InChI is InChI=1S/C29H41NO5/c1-7-26(32)23-11-9-22(10-12-23)15-18-30(4)17-8-16-29(21(2)3,28(33)35-6)25-13-14-27(34-5)24(19-25)20-31/h9-14,19,21,31H,7-8,15-18,20H2,1-6H3. The number of hydrogen-bond donors (Lipinski definition) is 1. The van der Waals surface area contributed by atoms with Crippen molar-refractivity contribution in [3.8, 4) is 5.75 Å². The van der Waals surface area contributed by atoms with Crippen LogP contribution in [0.3, 0.4) is 0 Å². The number of ketones is 1. The summed E-state index contributed by atoms with van der Waals surface area (Å²) in [4.78, 5) is 27.2. The highest BCUT2D eigenvalue weighted by Gasteiger charge is 2.44. The molecule has 0 aliphatic carbocycles. The molecule has 0 fully saturated rings. The molecule has 1 atom stereocenters. The van der Waals surface area contributed by atoms with Crippen molar-refractivity contribution in [3.63, 3.8) is 0 Å². The number of Topliss-reactive ketones (excluding diaryl/α,β-unsaturated/α-hetero) is 1. The van der Waals surface area contributed by atoms with Crippen molar-refractivity contribution in [2.45, 2.75) is 58.5 Å². The Bertz CT molecular complexity index is 970. The van der Waals surface area contributed by atoms with Crippen molar-refractivity contribution in [2.75, 3.05) is 34.4 Å². The molecule has 192 valence electrons. The van der Waals surface area contributed by atoms with Gasteiger partial charge in [0.25, 0.3) is 0 Å². The molecule has 1 unspecified atom stereocenters. The van der Waals surface area contributed by atoms with E-state index in [-0.39, 0.29) is 24.3 Å². The van der Waals surface area contributed by atoms with Gasteiger partial charge in [-0.05, 0) is 62.0 Å². The second-order valence-corrected chi connectivity index (χ2v) is 9.43. The lowest BCUT2D eigenvalue weighted by Crippen LogP contribution is -2.42. The lowest BCUT2D eigenvalue weighted by atomic mass is 9.68. The third kappa shape index (κ3) is 6.92. The van der Waals surface area contributed by atoms with E-state index >= 15 is 0 Å². The first kappa shape index (κ1) is 28.5. The molecule has 0 aromatic heterocycles. The number of likely N-dealkylation sites (N-methyl/N-ethyl adjacent to an activating group) is 1. The third-order valence-corrected chi connectivity index (χ3v) is 6.99. The Hall–Kier alpha value is -2.70. The van der Waals surface area contributed by atoms with Crippen molar-refractivity contribution in [1.82, 2.24) is 4.90 Å². The van der Waals surface area contributed by atoms with Crippen LogP contribution in [0.5, 0.6) is 5.75 Å². The molecule has 0 heterocycles. The second kappa shape index (κ2) is 13.4. The minimum Gasteiger partial charge on any atom is -0.496 e. The fraction of sp³-hybridized carbons (Fsp3) is 0.517. The van der Waals surface area contributed by atoms with Crippen LogP contribution in [0, 0.1) is 5.92 Å². The first-order valence-electron chi connectivity index (χ1n) is 12.4. The van der Waals surface area contributed by atoms with Crippen molar-refractivity contribution < 1.29 is 24.2 Å². The molecule has 0 bridgehead atoms. The summed E-state index contributed by atoms with van der Waals surface area (Å²) in [5.74, 6) is 0.511. The number of ether oxygens (including phenoxy) is 2. The number of rotatable bonds is 14. The van der Waals surface area contributed by atoms with Gasteiger partial charge in [-0.25, -0.2) is 0 Å². The molecule has 1 N–H and O–H groups in total. The molecule has 0 aliphatic heterocycles. The summed E-state index contributed by atoms with van der Waals surface area (Å²) in [7, 11) is 5.09. The Kier molecular flexibility index (Phi) is 10.9. The largest absolute Gasteiger partial charge is 0.496 e. The van der Waals surface area contributed by atoms with E-state index in [1.807, 2.05) is 63.2 Å². The first-order chi connectivity index (χ1) is 16.7. The highest BCUT2D eigenvalue weighted by Crippen LogP contribution is 2.40. The molecule has 2 rings (SSSR count). The summed E-state index contributed by atoms with van der Waals surface area (Å²) in [5, 5.41) is 9.81. The van der Waals surface area contributed by atoms with Gasteiger partial charge >= 0.3 is 5.97 Å². The molecule has 0 spiro atoms. The van der Waals surface area contributed by atoms with E-state index in [0.29, 0.717) is 24.2 Å². The van der Waals surface area contributed by atoms with Crippen LogP contribution < -0.4 is 4.74 Å². The lowest BCUT2D eigenvalue weighted by molar-refractivity contribution is -0.150. The molecule has 0 saturated heterocycles. The zero-order valence-corrected chi connectivity index (χ0v) is 22.1. The molecule has 0 amide bonds. The number of aliphatic hydroxyl groups excluding tert-OH is 1. The van der Waals surface area contributed by atoms with Crippen molar-refractivity contribution in [3.05, 3.63) is 64.7 Å². The summed E-state index contributed by atoms with van der Waals surface area (Å²) < 4.78 is 10.6. The minimum atomic E-state index is -0.812.